The number of nitrogens with two attached hydrogens (primary N) is 1. The predicted molar refractivity (Wildman–Crippen MR) is 68.9 cm³/mol. The smallest absolute Gasteiger partial charge is 0.306 e. The highest BCUT2D eigenvalue weighted by atomic mass is 16.4. The first-order chi connectivity index (χ1) is 8.13. The van der Waals surface area contributed by atoms with Crippen molar-refractivity contribution >= 4 is 5.97 Å². The van der Waals surface area contributed by atoms with Crippen molar-refractivity contribution in [2.45, 2.75) is 32.6 Å². The Morgan fingerprint density at radius 2 is 1.94 bits per heavy atom. The number of carboxylic acids is 1. The van der Waals surface area contributed by atoms with E-state index in [1.165, 1.54) is 5.56 Å². The summed E-state index contributed by atoms with van der Waals surface area (Å²) in [5.41, 5.74) is 7.70. The third-order valence-corrected chi connectivity index (χ3v) is 2.96. The molecule has 3 N–H and O–H groups in total. The molecule has 0 fully saturated rings. The monoisotopic (exact) mass is 235 g/mol. The van der Waals surface area contributed by atoms with E-state index in [2.05, 4.69) is 0 Å². The second kappa shape index (κ2) is 7.07. The number of aliphatic carboxylic acids is 1. The summed E-state index contributed by atoms with van der Waals surface area (Å²) < 4.78 is 0. The lowest BCUT2D eigenvalue weighted by Crippen LogP contribution is -2.17. The summed E-state index contributed by atoms with van der Waals surface area (Å²) in [6.07, 6.45) is 3.11. The quantitative estimate of drug-likeness (QED) is 0.713. The lowest BCUT2D eigenvalue weighted by molar-refractivity contribution is -0.142. The van der Waals surface area contributed by atoms with Crippen molar-refractivity contribution in [2.24, 2.45) is 11.7 Å². The molecule has 1 aromatic rings. The van der Waals surface area contributed by atoms with Gasteiger partial charge in [0.2, 0.25) is 0 Å². The van der Waals surface area contributed by atoms with Gasteiger partial charge in [-0.2, -0.15) is 0 Å². The summed E-state index contributed by atoms with van der Waals surface area (Å²) in [4.78, 5) is 11.1. The van der Waals surface area contributed by atoms with Gasteiger partial charge < -0.3 is 10.8 Å². The van der Waals surface area contributed by atoms with Crippen LogP contribution in [0.25, 0.3) is 0 Å². The van der Waals surface area contributed by atoms with Crippen LogP contribution in [-0.2, 0) is 11.2 Å². The van der Waals surface area contributed by atoms with Gasteiger partial charge in [0.15, 0.2) is 0 Å². The Hall–Kier alpha value is -1.35. The fourth-order valence-corrected chi connectivity index (χ4v) is 1.86. The highest BCUT2D eigenvalue weighted by Gasteiger charge is 2.17. The van der Waals surface area contributed by atoms with E-state index in [9.17, 15) is 4.79 Å². The van der Waals surface area contributed by atoms with E-state index in [-0.39, 0.29) is 5.92 Å². The topological polar surface area (TPSA) is 63.3 Å². The van der Waals surface area contributed by atoms with Crippen LogP contribution in [0.4, 0.5) is 0 Å². The van der Waals surface area contributed by atoms with Crippen LogP contribution in [0.1, 0.15) is 30.4 Å². The number of hydrogen-bond donors (Lipinski definition) is 2. The largest absolute Gasteiger partial charge is 0.481 e. The van der Waals surface area contributed by atoms with Gasteiger partial charge in [-0.15, -0.1) is 0 Å². The summed E-state index contributed by atoms with van der Waals surface area (Å²) in [7, 11) is 0. The summed E-state index contributed by atoms with van der Waals surface area (Å²) >= 11 is 0. The van der Waals surface area contributed by atoms with Crippen molar-refractivity contribution in [3.63, 3.8) is 0 Å². The lowest BCUT2D eigenvalue weighted by atomic mass is 9.94. The Labute approximate surface area is 103 Å². The van der Waals surface area contributed by atoms with Gasteiger partial charge in [-0.3, -0.25) is 4.79 Å². The molecule has 0 heterocycles. The number of hydrogen-bond acceptors (Lipinski definition) is 2. The van der Waals surface area contributed by atoms with Crippen molar-refractivity contribution in [3.8, 4) is 0 Å². The van der Waals surface area contributed by atoms with E-state index in [1.807, 2.05) is 31.2 Å². The van der Waals surface area contributed by atoms with E-state index in [1.54, 1.807) is 0 Å². The van der Waals surface area contributed by atoms with Gasteiger partial charge in [0.05, 0.1) is 5.92 Å². The molecule has 1 rings (SSSR count). The van der Waals surface area contributed by atoms with Crippen LogP contribution >= 0.6 is 0 Å². The van der Waals surface area contributed by atoms with Crippen molar-refractivity contribution < 1.29 is 9.90 Å². The highest BCUT2D eigenvalue weighted by Crippen LogP contribution is 2.16. The Bertz CT molecular complexity index is 346. The molecule has 0 aliphatic carbocycles. The third-order valence-electron chi connectivity index (χ3n) is 2.96. The first kappa shape index (κ1) is 13.7. The Morgan fingerprint density at radius 3 is 2.47 bits per heavy atom. The van der Waals surface area contributed by atoms with Crippen LogP contribution in [0.5, 0.6) is 0 Å². The number of rotatable bonds is 7. The fourth-order valence-electron chi connectivity index (χ4n) is 1.86. The van der Waals surface area contributed by atoms with E-state index in [4.69, 9.17) is 10.8 Å². The molecule has 0 saturated carbocycles. The molecule has 1 unspecified atom stereocenters. The van der Waals surface area contributed by atoms with Crippen molar-refractivity contribution in [2.75, 3.05) is 6.54 Å². The average molecular weight is 235 g/mol. The number of unbranched alkanes of at least 4 members (excludes halogenated alkanes) is 1. The second-order valence-electron chi connectivity index (χ2n) is 4.51. The lowest BCUT2D eigenvalue weighted by Gasteiger charge is -2.12. The number of benzene rings is 1. The molecule has 17 heavy (non-hydrogen) atoms. The maximum absolute atomic E-state index is 11.1. The first-order valence-electron chi connectivity index (χ1n) is 6.12. The van der Waals surface area contributed by atoms with E-state index in [0.29, 0.717) is 19.4 Å². The van der Waals surface area contributed by atoms with Gasteiger partial charge in [-0.05, 0) is 38.3 Å². The fraction of sp³-hybridized carbons (Fsp3) is 0.500. The van der Waals surface area contributed by atoms with Crippen LogP contribution in [-0.4, -0.2) is 17.6 Å². The number of aryl methyl sites for hydroxylation is 1. The van der Waals surface area contributed by atoms with Gasteiger partial charge in [0.25, 0.3) is 0 Å². The number of carbonyl (C=O) groups is 1. The molecule has 0 radical (unpaired) electrons. The standard InChI is InChI=1S/C14H21NO2/c1-11-5-7-12(8-6-11)10-13(14(16)17)4-2-3-9-15/h5-8,13H,2-4,9-10,15H2,1H3,(H,16,17). The minimum Gasteiger partial charge on any atom is -0.481 e. The Balaban J connectivity index is 2.54. The van der Waals surface area contributed by atoms with Crippen molar-refractivity contribution in [3.05, 3.63) is 35.4 Å². The molecule has 0 aromatic heterocycles. The summed E-state index contributed by atoms with van der Waals surface area (Å²) in [5, 5.41) is 9.16. The van der Waals surface area contributed by atoms with Gasteiger partial charge >= 0.3 is 5.97 Å². The highest BCUT2D eigenvalue weighted by molar-refractivity contribution is 5.70. The molecular formula is C14H21NO2. The molecule has 3 heteroatoms. The summed E-state index contributed by atoms with van der Waals surface area (Å²) in [6.45, 7) is 2.66. The van der Waals surface area contributed by atoms with E-state index < -0.39 is 5.97 Å². The van der Waals surface area contributed by atoms with Crippen LogP contribution in [0.3, 0.4) is 0 Å². The normalized spacial score (nSPS) is 12.4. The Kier molecular flexibility index (Phi) is 5.70. The first-order valence-corrected chi connectivity index (χ1v) is 6.12. The zero-order valence-electron chi connectivity index (χ0n) is 10.4. The zero-order valence-corrected chi connectivity index (χ0v) is 10.4. The van der Waals surface area contributed by atoms with E-state index >= 15 is 0 Å². The Morgan fingerprint density at radius 1 is 1.29 bits per heavy atom. The zero-order chi connectivity index (χ0) is 12.7. The minimum absolute atomic E-state index is 0.288. The molecule has 3 nitrogen and oxygen atoms in total. The van der Waals surface area contributed by atoms with Gasteiger partial charge in [0.1, 0.15) is 0 Å². The summed E-state index contributed by atoms with van der Waals surface area (Å²) in [6, 6.07) is 8.06. The second-order valence-corrected chi connectivity index (χ2v) is 4.51. The SMILES string of the molecule is Cc1ccc(CC(CCCCN)C(=O)O)cc1. The molecule has 0 spiro atoms. The van der Waals surface area contributed by atoms with Crippen molar-refractivity contribution in [1.82, 2.24) is 0 Å². The maximum Gasteiger partial charge on any atom is 0.306 e. The molecule has 0 bridgehead atoms. The minimum atomic E-state index is -0.706. The van der Waals surface area contributed by atoms with Gasteiger partial charge in [-0.1, -0.05) is 36.2 Å². The van der Waals surface area contributed by atoms with Crippen LogP contribution in [0.2, 0.25) is 0 Å². The van der Waals surface area contributed by atoms with Crippen LogP contribution < -0.4 is 5.73 Å². The van der Waals surface area contributed by atoms with Crippen LogP contribution in [0.15, 0.2) is 24.3 Å². The molecule has 0 amide bonds. The molecule has 0 aliphatic rings. The average Bonchev–Trinajstić information content (AvgIpc) is 2.30. The molecule has 0 aliphatic heterocycles. The van der Waals surface area contributed by atoms with E-state index in [0.717, 1.165) is 18.4 Å². The third kappa shape index (κ3) is 5.00. The molecule has 1 aromatic carbocycles. The molecule has 1 atom stereocenters. The van der Waals surface area contributed by atoms with Crippen LogP contribution in [0, 0.1) is 12.8 Å². The van der Waals surface area contributed by atoms with Gasteiger partial charge in [-0.25, -0.2) is 0 Å². The maximum atomic E-state index is 11.1. The number of carboxylic acid groups (broad SMARTS) is 1. The molecule has 94 valence electrons. The molecular weight excluding hydrogens is 214 g/mol. The van der Waals surface area contributed by atoms with Gasteiger partial charge in [0, 0.05) is 0 Å². The van der Waals surface area contributed by atoms with Crippen molar-refractivity contribution in [1.29, 1.82) is 0 Å². The molecule has 0 saturated heterocycles. The predicted octanol–water partition coefficient (Wildman–Crippen LogP) is 2.37. The summed E-state index contributed by atoms with van der Waals surface area (Å²) in [5.74, 6) is -0.994.